The predicted molar refractivity (Wildman–Crippen MR) is 125 cm³/mol. The van der Waals surface area contributed by atoms with Gasteiger partial charge in [0, 0.05) is 55.5 Å². The fourth-order valence-electron chi connectivity index (χ4n) is 5.58. The van der Waals surface area contributed by atoms with Gasteiger partial charge in [-0.25, -0.2) is 0 Å². The summed E-state index contributed by atoms with van der Waals surface area (Å²) in [6.07, 6.45) is 1.74. The van der Waals surface area contributed by atoms with Gasteiger partial charge in [0.15, 0.2) is 0 Å². The van der Waals surface area contributed by atoms with Crippen LogP contribution in [0.15, 0.2) is 71.7 Å². The first-order chi connectivity index (χ1) is 16.1. The molecule has 33 heavy (non-hydrogen) atoms. The van der Waals surface area contributed by atoms with Crippen LogP contribution in [0, 0.1) is 11.8 Å². The molecule has 7 heteroatoms. The maximum atomic E-state index is 13.5. The van der Waals surface area contributed by atoms with Gasteiger partial charge < -0.3 is 15.0 Å². The summed E-state index contributed by atoms with van der Waals surface area (Å²) in [5.41, 5.74) is 3.27. The second-order valence-corrected chi connectivity index (χ2v) is 8.74. The summed E-state index contributed by atoms with van der Waals surface area (Å²) >= 11 is 0. The number of aliphatic hydroxyl groups is 1. The first-order valence-electron chi connectivity index (χ1n) is 11.5. The number of benzene rings is 1. The van der Waals surface area contributed by atoms with E-state index in [9.17, 15) is 14.7 Å². The topological polar surface area (TPSA) is 87.5 Å². The highest BCUT2D eigenvalue weighted by molar-refractivity contribution is 5.82. The molecule has 7 nitrogen and oxygen atoms in total. The van der Waals surface area contributed by atoms with Crippen molar-refractivity contribution in [2.75, 3.05) is 13.2 Å². The average molecular weight is 445 g/mol. The summed E-state index contributed by atoms with van der Waals surface area (Å²) in [4.78, 5) is 33.2. The van der Waals surface area contributed by atoms with Crippen molar-refractivity contribution in [3.05, 3.63) is 88.6 Å². The zero-order valence-corrected chi connectivity index (χ0v) is 18.6. The van der Waals surface area contributed by atoms with Gasteiger partial charge in [-0.15, -0.1) is 0 Å². The number of hydrogen-bond acceptors (Lipinski definition) is 5. The van der Waals surface area contributed by atoms with Gasteiger partial charge in [0.25, 0.3) is 5.56 Å². The van der Waals surface area contributed by atoms with Crippen LogP contribution in [-0.2, 0) is 17.9 Å². The number of likely N-dealkylation sites (N-methyl/N-ethyl adjacent to an activating group) is 1. The quantitative estimate of drug-likeness (QED) is 0.609. The van der Waals surface area contributed by atoms with Crippen LogP contribution in [0.4, 0.5) is 0 Å². The molecule has 2 N–H and O–H groups in total. The Morgan fingerprint density at radius 1 is 1.12 bits per heavy atom. The van der Waals surface area contributed by atoms with Crippen LogP contribution in [0.25, 0.3) is 11.1 Å². The van der Waals surface area contributed by atoms with E-state index in [0.717, 1.165) is 17.0 Å². The van der Waals surface area contributed by atoms with E-state index < -0.39 is 6.04 Å². The van der Waals surface area contributed by atoms with E-state index in [-0.39, 0.29) is 36.0 Å². The van der Waals surface area contributed by atoms with Gasteiger partial charge in [0.1, 0.15) is 0 Å². The Hall–Kier alpha value is -3.29. The van der Waals surface area contributed by atoms with Crippen molar-refractivity contribution in [2.45, 2.75) is 32.1 Å². The number of hydrogen-bond donors (Lipinski definition) is 2. The minimum absolute atomic E-state index is 0.0304. The molecule has 1 fully saturated rings. The molecule has 0 radical (unpaired) electrons. The van der Waals surface area contributed by atoms with Crippen molar-refractivity contribution < 1.29 is 9.90 Å². The minimum Gasteiger partial charge on any atom is -0.396 e. The molecule has 1 saturated heterocycles. The summed E-state index contributed by atoms with van der Waals surface area (Å²) in [5.74, 6) is -0.397. The summed E-state index contributed by atoms with van der Waals surface area (Å²) in [6.45, 7) is 3.26. The number of carbonyl (C=O) groups is 1. The Labute approximate surface area is 192 Å². The zero-order chi connectivity index (χ0) is 22.9. The second-order valence-electron chi connectivity index (χ2n) is 8.74. The molecular formula is C26H28N4O3. The molecule has 2 aromatic heterocycles. The van der Waals surface area contributed by atoms with E-state index >= 15 is 0 Å². The second kappa shape index (κ2) is 8.92. The van der Waals surface area contributed by atoms with Crippen LogP contribution in [-0.4, -0.2) is 44.7 Å². The Morgan fingerprint density at radius 2 is 1.91 bits per heavy atom. The van der Waals surface area contributed by atoms with E-state index in [1.165, 1.54) is 0 Å². The summed E-state index contributed by atoms with van der Waals surface area (Å²) < 4.78 is 1.83. The highest BCUT2D eigenvalue weighted by Gasteiger charge is 2.55. The van der Waals surface area contributed by atoms with Gasteiger partial charge in [-0.1, -0.05) is 36.4 Å². The summed E-state index contributed by atoms with van der Waals surface area (Å²) in [5, 5.41) is 13.3. The van der Waals surface area contributed by atoms with Crippen molar-refractivity contribution in [1.82, 2.24) is 19.8 Å². The highest BCUT2D eigenvalue weighted by atomic mass is 16.3. The lowest BCUT2D eigenvalue weighted by molar-refractivity contribution is -0.127. The fraction of sp³-hybridized carbons (Fsp3) is 0.346. The molecular weight excluding hydrogens is 416 g/mol. The maximum Gasteiger partial charge on any atom is 0.258 e. The zero-order valence-electron chi connectivity index (χ0n) is 18.6. The van der Waals surface area contributed by atoms with Crippen molar-refractivity contribution in [3.8, 4) is 11.1 Å². The van der Waals surface area contributed by atoms with Crippen molar-refractivity contribution in [3.63, 3.8) is 0 Å². The van der Waals surface area contributed by atoms with Crippen molar-refractivity contribution in [2.24, 2.45) is 11.8 Å². The standard InChI is InChI=1S/C26H28N4O3/c1-2-27-25(32)24-21(16-31)20-15-29-22(23(20)30(24)14-18-10-6-7-13-28-18)12-11-19(26(29)33)17-8-4-3-5-9-17/h3-13,20-21,23-24,31H,2,14-16H2,1H3,(H,27,32)/t20-,21-,23+,24-/m1/s1. The first kappa shape index (κ1) is 21.6. The summed E-state index contributed by atoms with van der Waals surface area (Å²) in [6, 6.07) is 18.7. The van der Waals surface area contributed by atoms with E-state index in [2.05, 4.69) is 15.2 Å². The van der Waals surface area contributed by atoms with Gasteiger partial charge in [0.2, 0.25) is 5.91 Å². The molecule has 0 spiro atoms. The third-order valence-corrected chi connectivity index (χ3v) is 6.97. The number of aliphatic hydroxyl groups excluding tert-OH is 1. The van der Waals surface area contributed by atoms with Gasteiger partial charge >= 0.3 is 0 Å². The van der Waals surface area contributed by atoms with E-state index in [1.807, 2.05) is 72.2 Å². The molecule has 4 heterocycles. The number of aromatic nitrogens is 2. The molecule has 170 valence electrons. The molecule has 0 aliphatic carbocycles. The Kier molecular flexibility index (Phi) is 5.83. The third-order valence-electron chi connectivity index (χ3n) is 6.97. The van der Waals surface area contributed by atoms with Crippen molar-refractivity contribution in [1.29, 1.82) is 0 Å². The van der Waals surface area contributed by atoms with E-state index in [4.69, 9.17) is 0 Å². The molecule has 0 saturated carbocycles. The molecule has 1 amide bonds. The van der Waals surface area contributed by atoms with Gasteiger partial charge in [-0.2, -0.15) is 0 Å². The van der Waals surface area contributed by atoms with E-state index in [1.54, 1.807) is 6.20 Å². The molecule has 4 atom stereocenters. The molecule has 3 aromatic rings. The van der Waals surface area contributed by atoms with Crippen LogP contribution >= 0.6 is 0 Å². The lowest BCUT2D eigenvalue weighted by Gasteiger charge is -2.30. The molecule has 2 aliphatic heterocycles. The smallest absolute Gasteiger partial charge is 0.258 e. The molecule has 2 aliphatic rings. The third kappa shape index (κ3) is 3.67. The maximum absolute atomic E-state index is 13.5. The largest absolute Gasteiger partial charge is 0.396 e. The van der Waals surface area contributed by atoms with Crippen molar-refractivity contribution >= 4 is 5.91 Å². The van der Waals surface area contributed by atoms with E-state index in [0.29, 0.717) is 25.2 Å². The molecule has 0 bridgehead atoms. The number of rotatable bonds is 6. The highest BCUT2D eigenvalue weighted by Crippen LogP contribution is 2.49. The lowest BCUT2D eigenvalue weighted by atomic mass is 9.88. The van der Waals surface area contributed by atoms with Gasteiger partial charge in [-0.3, -0.25) is 19.5 Å². The molecule has 0 unspecified atom stereocenters. The fourth-order valence-corrected chi connectivity index (χ4v) is 5.58. The number of nitrogens with one attached hydrogen (secondary N) is 1. The molecule has 1 aromatic carbocycles. The number of carbonyl (C=O) groups excluding carboxylic acids is 1. The Balaban J connectivity index is 1.59. The van der Waals surface area contributed by atoms with Gasteiger partial charge in [-0.05, 0) is 36.8 Å². The normalized spacial score (nSPS) is 23.8. The number of nitrogens with zero attached hydrogens (tertiary/aromatic N) is 3. The lowest BCUT2D eigenvalue weighted by Crippen LogP contribution is -2.48. The number of amides is 1. The monoisotopic (exact) mass is 444 g/mol. The van der Waals surface area contributed by atoms with Crippen LogP contribution in [0.5, 0.6) is 0 Å². The molecule has 5 rings (SSSR count). The Bertz CT molecular complexity index is 1200. The first-order valence-corrected chi connectivity index (χ1v) is 11.5. The Morgan fingerprint density at radius 3 is 2.61 bits per heavy atom. The number of pyridine rings is 2. The minimum atomic E-state index is -0.482. The summed E-state index contributed by atoms with van der Waals surface area (Å²) in [7, 11) is 0. The van der Waals surface area contributed by atoms with Crippen LogP contribution in [0.2, 0.25) is 0 Å². The average Bonchev–Trinajstić information content (AvgIpc) is 3.36. The predicted octanol–water partition coefficient (Wildman–Crippen LogP) is 2.21. The van der Waals surface area contributed by atoms with Crippen LogP contribution < -0.4 is 10.9 Å². The number of likely N-dealkylation sites (tertiary alicyclic amines) is 1. The van der Waals surface area contributed by atoms with Crippen LogP contribution in [0.3, 0.4) is 0 Å². The van der Waals surface area contributed by atoms with Crippen LogP contribution in [0.1, 0.15) is 24.4 Å². The number of fused-ring (bicyclic) bond motifs is 3. The van der Waals surface area contributed by atoms with Gasteiger partial charge in [0.05, 0.1) is 17.8 Å². The SMILES string of the molecule is CCNC(=O)[C@H]1[C@H](CO)[C@H]2Cn3c(ccc(-c4ccccc4)c3=O)[C@H]2N1Cc1ccccn1.